The van der Waals surface area contributed by atoms with Gasteiger partial charge in [0.15, 0.2) is 0 Å². The molecule has 1 aliphatic rings. The molecule has 0 atom stereocenters. The van der Waals surface area contributed by atoms with Crippen LogP contribution in [-0.2, 0) is 14.8 Å². The molecule has 0 N–H and O–H groups in total. The number of hydrogen-bond donors (Lipinski definition) is 0. The summed E-state index contributed by atoms with van der Waals surface area (Å²) in [4.78, 5) is 0.229. The highest BCUT2D eigenvalue weighted by atomic mass is 32.2. The second-order valence-corrected chi connectivity index (χ2v) is 8.18. The number of benzene rings is 3. The molecule has 0 bridgehead atoms. The monoisotopic (exact) mass is 377 g/mol. The number of aryl methyl sites for hydroxylation is 1. The van der Waals surface area contributed by atoms with Gasteiger partial charge >= 0.3 is 0 Å². The number of ether oxygens (including phenoxy) is 1. The first kappa shape index (κ1) is 17.4. The van der Waals surface area contributed by atoms with Crippen LogP contribution in [0.4, 0.5) is 0 Å². The lowest BCUT2D eigenvalue weighted by atomic mass is 10.0. The Balaban J connectivity index is 1.80. The van der Waals surface area contributed by atoms with Crippen LogP contribution in [0.5, 0.6) is 0 Å². The van der Waals surface area contributed by atoms with E-state index in [0.29, 0.717) is 6.61 Å². The Labute approximate surface area is 159 Å². The Morgan fingerprint density at radius 3 is 2.52 bits per heavy atom. The van der Waals surface area contributed by atoms with Crippen molar-refractivity contribution in [1.29, 1.82) is 0 Å². The van der Waals surface area contributed by atoms with Crippen LogP contribution >= 0.6 is 0 Å². The molecule has 0 spiro atoms. The molecule has 0 fully saturated rings. The molecule has 0 radical (unpaired) electrons. The first-order valence-electron chi connectivity index (χ1n) is 8.66. The van der Waals surface area contributed by atoms with Gasteiger partial charge in [-0.1, -0.05) is 60.2 Å². The highest BCUT2D eigenvalue weighted by Gasteiger charge is 2.27. The molecule has 0 saturated carbocycles. The van der Waals surface area contributed by atoms with E-state index in [0.717, 1.165) is 21.9 Å². The largest absolute Gasteiger partial charge is 0.474 e. The third-order valence-corrected chi connectivity index (χ3v) is 6.15. The second-order valence-electron chi connectivity index (χ2n) is 6.36. The average molecular weight is 377 g/mol. The molecule has 27 heavy (non-hydrogen) atoms. The molecular weight excluding hydrogens is 358 g/mol. The van der Waals surface area contributed by atoms with E-state index in [1.807, 2.05) is 49.4 Å². The van der Waals surface area contributed by atoms with Crippen molar-refractivity contribution >= 4 is 26.9 Å². The zero-order valence-electron chi connectivity index (χ0n) is 14.9. The summed E-state index contributed by atoms with van der Waals surface area (Å²) in [5.41, 5.74) is 1.91. The van der Waals surface area contributed by atoms with Gasteiger partial charge in [0.2, 0.25) is 5.88 Å². The molecule has 0 aliphatic carbocycles. The molecule has 0 aromatic heterocycles. The summed E-state index contributed by atoms with van der Waals surface area (Å²) < 4.78 is 33.1. The maximum atomic E-state index is 13.1. The lowest BCUT2D eigenvalue weighted by Gasteiger charge is -2.26. The first-order chi connectivity index (χ1) is 13.1. The Kier molecular flexibility index (Phi) is 4.46. The fourth-order valence-electron chi connectivity index (χ4n) is 3.05. The Bertz CT molecular complexity index is 1140. The van der Waals surface area contributed by atoms with Crippen LogP contribution in [0.2, 0.25) is 0 Å². The summed E-state index contributed by atoms with van der Waals surface area (Å²) in [5, 5.41) is 2.13. The molecule has 0 amide bonds. The van der Waals surface area contributed by atoms with E-state index < -0.39 is 10.0 Å². The van der Waals surface area contributed by atoms with E-state index in [1.54, 1.807) is 42.6 Å². The topological polar surface area (TPSA) is 46.6 Å². The Hall–Kier alpha value is -3.05. The predicted octanol–water partition coefficient (Wildman–Crippen LogP) is 4.68. The minimum absolute atomic E-state index is 0.229. The fourth-order valence-corrected chi connectivity index (χ4v) is 4.34. The van der Waals surface area contributed by atoms with E-state index in [2.05, 4.69) is 0 Å². The zero-order valence-corrected chi connectivity index (χ0v) is 15.7. The molecule has 0 saturated heterocycles. The summed E-state index contributed by atoms with van der Waals surface area (Å²) in [6.45, 7) is 2.25. The SMILES string of the molecule is Cc1ccc(S(=O)(=O)N2C=CCO/C2=C\c2cccc3ccccc23)cc1. The van der Waals surface area contributed by atoms with Crippen molar-refractivity contribution in [1.82, 2.24) is 4.31 Å². The van der Waals surface area contributed by atoms with Gasteiger partial charge in [0.25, 0.3) is 10.0 Å². The molecular formula is C22H19NO3S. The maximum Gasteiger partial charge on any atom is 0.270 e. The van der Waals surface area contributed by atoms with Gasteiger partial charge in [-0.25, -0.2) is 12.7 Å². The molecule has 1 aliphatic heterocycles. The normalized spacial score (nSPS) is 15.9. The van der Waals surface area contributed by atoms with Crippen molar-refractivity contribution in [3.63, 3.8) is 0 Å². The van der Waals surface area contributed by atoms with Gasteiger partial charge in [0.1, 0.15) is 6.61 Å². The van der Waals surface area contributed by atoms with Gasteiger partial charge in [-0.2, -0.15) is 0 Å². The van der Waals surface area contributed by atoms with Gasteiger partial charge in [0.05, 0.1) is 4.90 Å². The zero-order chi connectivity index (χ0) is 18.9. The standard InChI is InChI=1S/C22H19NO3S/c1-17-10-12-20(13-11-17)27(24,25)23-14-5-15-26-22(23)16-19-8-4-7-18-6-2-3-9-21(18)19/h2-14,16H,15H2,1H3/b22-16-. The highest BCUT2D eigenvalue weighted by molar-refractivity contribution is 7.89. The van der Waals surface area contributed by atoms with Crippen molar-refractivity contribution in [2.45, 2.75) is 11.8 Å². The predicted molar refractivity (Wildman–Crippen MR) is 107 cm³/mol. The van der Waals surface area contributed by atoms with Gasteiger partial charge in [-0.15, -0.1) is 0 Å². The lowest BCUT2D eigenvalue weighted by Crippen LogP contribution is -2.29. The van der Waals surface area contributed by atoms with Crippen LogP contribution in [0.3, 0.4) is 0 Å². The van der Waals surface area contributed by atoms with Gasteiger partial charge in [0, 0.05) is 12.3 Å². The molecule has 5 heteroatoms. The summed E-state index contributed by atoms with van der Waals surface area (Å²) in [6.07, 6.45) is 5.01. The van der Waals surface area contributed by atoms with Crippen molar-refractivity contribution in [2.24, 2.45) is 0 Å². The van der Waals surface area contributed by atoms with Crippen LogP contribution in [0.25, 0.3) is 16.8 Å². The van der Waals surface area contributed by atoms with Crippen LogP contribution in [-0.4, -0.2) is 19.3 Å². The molecule has 0 unspecified atom stereocenters. The summed E-state index contributed by atoms with van der Waals surface area (Å²) in [7, 11) is -3.75. The number of fused-ring (bicyclic) bond motifs is 1. The Morgan fingerprint density at radius 2 is 1.70 bits per heavy atom. The Morgan fingerprint density at radius 1 is 0.963 bits per heavy atom. The second kappa shape index (κ2) is 6.93. The third-order valence-electron chi connectivity index (χ3n) is 4.47. The van der Waals surface area contributed by atoms with Crippen LogP contribution < -0.4 is 0 Å². The van der Waals surface area contributed by atoms with Crippen LogP contribution in [0.15, 0.2) is 89.8 Å². The fraction of sp³-hybridized carbons (Fsp3) is 0.0909. The summed E-state index contributed by atoms with van der Waals surface area (Å²) in [6, 6.07) is 20.7. The quantitative estimate of drug-likeness (QED) is 0.666. The van der Waals surface area contributed by atoms with E-state index >= 15 is 0 Å². The molecule has 3 aromatic rings. The smallest absolute Gasteiger partial charge is 0.270 e. The number of hydrogen-bond acceptors (Lipinski definition) is 3. The number of sulfonamides is 1. The van der Waals surface area contributed by atoms with Crippen molar-refractivity contribution < 1.29 is 13.2 Å². The summed E-state index contributed by atoms with van der Waals surface area (Å²) in [5.74, 6) is 0.287. The van der Waals surface area contributed by atoms with Gasteiger partial charge in [-0.05, 0) is 41.5 Å². The van der Waals surface area contributed by atoms with Crippen LogP contribution in [0, 0.1) is 6.92 Å². The highest BCUT2D eigenvalue weighted by Crippen LogP contribution is 2.28. The molecule has 136 valence electrons. The maximum absolute atomic E-state index is 13.1. The molecule has 3 aromatic carbocycles. The van der Waals surface area contributed by atoms with E-state index in [9.17, 15) is 8.42 Å². The van der Waals surface area contributed by atoms with E-state index in [4.69, 9.17) is 4.74 Å². The first-order valence-corrected chi connectivity index (χ1v) is 10.1. The van der Waals surface area contributed by atoms with E-state index in [1.165, 1.54) is 4.31 Å². The van der Waals surface area contributed by atoms with Gasteiger partial charge < -0.3 is 4.74 Å². The molecule has 1 heterocycles. The van der Waals surface area contributed by atoms with Crippen molar-refractivity contribution in [3.05, 3.63) is 96.0 Å². The minimum Gasteiger partial charge on any atom is -0.474 e. The average Bonchev–Trinajstić information content (AvgIpc) is 2.69. The minimum atomic E-state index is -3.75. The number of nitrogens with zero attached hydrogens (tertiary/aromatic N) is 1. The summed E-state index contributed by atoms with van der Waals surface area (Å²) >= 11 is 0. The van der Waals surface area contributed by atoms with Crippen LogP contribution in [0.1, 0.15) is 11.1 Å². The van der Waals surface area contributed by atoms with Crippen molar-refractivity contribution in [2.75, 3.05) is 6.61 Å². The lowest BCUT2D eigenvalue weighted by molar-refractivity contribution is 0.186. The number of rotatable bonds is 3. The molecule has 4 rings (SSSR count). The molecule has 4 nitrogen and oxygen atoms in total. The van der Waals surface area contributed by atoms with Crippen molar-refractivity contribution in [3.8, 4) is 0 Å². The van der Waals surface area contributed by atoms with E-state index in [-0.39, 0.29) is 10.8 Å². The third kappa shape index (κ3) is 3.34. The van der Waals surface area contributed by atoms with Gasteiger partial charge in [-0.3, -0.25) is 0 Å².